The highest BCUT2D eigenvalue weighted by molar-refractivity contribution is 5.97. The number of rotatable bonds is 3. The fraction of sp³-hybridized carbons (Fsp3) is 0.467. The van der Waals surface area contributed by atoms with Crippen LogP contribution in [0.4, 0.5) is 4.39 Å². The summed E-state index contributed by atoms with van der Waals surface area (Å²) in [6, 6.07) is 3.98. The molecule has 0 spiro atoms. The van der Waals surface area contributed by atoms with Crippen molar-refractivity contribution in [2.45, 2.75) is 33.2 Å². The van der Waals surface area contributed by atoms with Crippen molar-refractivity contribution in [1.82, 2.24) is 10.2 Å². The molecule has 110 valence electrons. The summed E-state index contributed by atoms with van der Waals surface area (Å²) in [6.07, 6.45) is 0. The van der Waals surface area contributed by atoms with Crippen LogP contribution in [-0.4, -0.2) is 35.8 Å². The minimum absolute atomic E-state index is 0.0348. The lowest BCUT2D eigenvalue weighted by molar-refractivity contribution is -0.122. The van der Waals surface area contributed by atoms with E-state index in [2.05, 4.69) is 5.32 Å². The Kier molecular flexibility index (Phi) is 4.87. The zero-order chi connectivity index (χ0) is 15.5. The Bertz CT molecular complexity index is 521. The van der Waals surface area contributed by atoms with E-state index in [-0.39, 0.29) is 29.7 Å². The molecule has 0 bridgehead atoms. The molecule has 0 aliphatic rings. The normalized spacial score (nSPS) is 11.1. The molecule has 4 nitrogen and oxygen atoms in total. The topological polar surface area (TPSA) is 49.4 Å². The highest BCUT2D eigenvalue weighted by atomic mass is 19.1. The van der Waals surface area contributed by atoms with Gasteiger partial charge in [0.15, 0.2) is 0 Å². The third kappa shape index (κ3) is 4.64. The molecule has 0 radical (unpaired) electrons. The second-order valence-electron chi connectivity index (χ2n) is 5.92. The van der Waals surface area contributed by atoms with Crippen molar-refractivity contribution in [1.29, 1.82) is 0 Å². The average Bonchev–Trinajstić information content (AvgIpc) is 2.25. The second kappa shape index (κ2) is 6.03. The maximum absolute atomic E-state index is 13.0. The molecule has 1 rings (SSSR count). The summed E-state index contributed by atoms with van der Waals surface area (Å²) >= 11 is 0. The Hall–Kier alpha value is -1.91. The predicted octanol–water partition coefficient (Wildman–Crippen LogP) is 2.12. The number of nitrogens with zero attached hydrogens (tertiary/aromatic N) is 1. The van der Waals surface area contributed by atoms with Gasteiger partial charge in [-0.2, -0.15) is 0 Å². The molecular formula is C15H21FN2O2. The summed E-state index contributed by atoms with van der Waals surface area (Å²) in [6.45, 7) is 7.25. The zero-order valence-electron chi connectivity index (χ0n) is 12.6. The first-order chi connectivity index (χ1) is 9.10. The molecule has 2 amide bonds. The van der Waals surface area contributed by atoms with Gasteiger partial charge in [0, 0.05) is 18.2 Å². The van der Waals surface area contributed by atoms with Gasteiger partial charge in [0.1, 0.15) is 5.82 Å². The van der Waals surface area contributed by atoms with Gasteiger partial charge in [0.2, 0.25) is 5.91 Å². The van der Waals surface area contributed by atoms with E-state index >= 15 is 0 Å². The van der Waals surface area contributed by atoms with Crippen LogP contribution in [0.3, 0.4) is 0 Å². The third-order valence-corrected chi connectivity index (χ3v) is 2.66. The number of aryl methyl sites for hydroxylation is 1. The maximum atomic E-state index is 13.0. The summed E-state index contributed by atoms with van der Waals surface area (Å²) in [7, 11) is 1.55. The predicted molar refractivity (Wildman–Crippen MR) is 76.0 cm³/mol. The van der Waals surface area contributed by atoms with Crippen LogP contribution in [0.25, 0.3) is 0 Å². The van der Waals surface area contributed by atoms with E-state index in [0.29, 0.717) is 11.1 Å². The zero-order valence-corrected chi connectivity index (χ0v) is 12.6. The van der Waals surface area contributed by atoms with Crippen molar-refractivity contribution in [2.24, 2.45) is 0 Å². The molecule has 0 unspecified atom stereocenters. The van der Waals surface area contributed by atoms with Gasteiger partial charge in [-0.3, -0.25) is 9.59 Å². The molecule has 0 atom stereocenters. The summed E-state index contributed by atoms with van der Waals surface area (Å²) in [5, 5.41) is 2.79. The molecule has 0 aliphatic heterocycles. The Morgan fingerprint density at radius 2 is 1.90 bits per heavy atom. The Labute approximate surface area is 119 Å². The molecule has 1 aromatic rings. The lowest BCUT2D eigenvalue weighted by Gasteiger charge is -2.23. The van der Waals surface area contributed by atoms with Gasteiger partial charge in [0.25, 0.3) is 5.91 Å². The quantitative estimate of drug-likeness (QED) is 0.922. The number of amides is 2. The number of benzene rings is 1. The molecule has 0 aromatic heterocycles. The van der Waals surface area contributed by atoms with Gasteiger partial charge in [0.05, 0.1) is 6.54 Å². The van der Waals surface area contributed by atoms with Crippen LogP contribution in [0, 0.1) is 12.7 Å². The van der Waals surface area contributed by atoms with E-state index in [1.165, 1.54) is 23.1 Å². The molecule has 5 heteroatoms. The highest BCUT2D eigenvalue weighted by Gasteiger charge is 2.19. The van der Waals surface area contributed by atoms with Crippen LogP contribution in [-0.2, 0) is 4.79 Å². The molecule has 0 saturated carbocycles. The number of carbonyl (C=O) groups is 2. The van der Waals surface area contributed by atoms with E-state index in [9.17, 15) is 14.0 Å². The summed E-state index contributed by atoms with van der Waals surface area (Å²) in [5.41, 5.74) is 0.614. The molecule has 0 heterocycles. The lowest BCUT2D eigenvalue weighted by Crippen LogP contribution is -2.46. The number of hydrogen-bond acceptors (Lipinski definition) is 2. The van der Waals surface area contributed by atoms with Gasteiger partial charge >= 0.3 is 0 Å². The van der Waals surface area contributed by atoms with Gasteiger partial charge < -0.3 is 10.2 Å². The van der Waals surface area contributed by atoms with Crippen LogP contribution in [0.2, 0.25) is 0 Å². The van der Waals surface area contributed by atoms with Crippen molar-refractivity contribution >= 4 is 11.8 Å². The molecule has 1 N–H and O–H groups in total. The summed E-state index contributed by atoms with van der Waals surface area (Å²) < 4.78 is 13.0. The van der Waals surface area contributed by atoms with E-state index in [1.54, 1.807) is 14.0 Å². The monoisotopic (exact) mass is 280 g/mol. The highest BCUT2D eigenvalue weighted by Crippen LogP contribution is 2.12. The molecule has 0 saturated heterocycles. The Balaban J connectivity index is 2.75. The Morgan fingerprint density at radius 3 is 2.40 bits per heavy atom. The molecular weight excluding hydrogens is 259 g/mol. The molecule has 0 fully saturated rings. The first-order valence-electron chi connectivity index (χ1n) is 6.43. The van der Waals surface area contributed by atoms with Crippen molar-refractivity contribution in [3.63, 3.8) is 0 Å². The Morgan fingerprint density at radius 1 is 1.30 bits per heavy atom. The van der Waals surface area contributed by atoms with Crippen LogP contribution in [0.5, 0.6) is 0 Å². The molecule has 20 heavy (non-hydrogen) atoms. The second-order valence-corrected chi connectivity index (χ2v) is 5.92. The standard InChI is InChI=1S/C15H21FN2O2/c1-10-8-11(16)6-7-12(10)14(20)18(5)9-13(19)17-15(2,3)4/h6-8H,9H2,1-5H3,(H,17,19). The number of hydrogen-bond donors (Lipinski definition) is 1. The van der Waals surface area contributed by atoms with E-state index in [1.807, 2.05) is 20.8 Å². The number of nitrogens with one attached hydrogen (secondary N) is 1. The fourth-order valence-corrected chi connectivity index (χ4v) is 1.82. The van der Waals surface area contributed by atoms with Gasteiger partial charge in [-0.25, -0.2) is 4.39 Å². The van der Waals surface area contributed by atoms with Crippen LogP contribution in [0.1, 0.15) is 36.7 Å². The van der Waals surface area contributed by atoms with Gasteiger partial charge in [-0.1, -0.05) is 0 Å². The maximum Gasteiger partial charge on any atom is 0.254 e. The van der Waals surface area contributed by atoms with Crippen LogP contribution < -0.4 is 5.32 Å². The van der Waals surface area contributed by atoms with Crippen molar-refractivity contribution in [2.75, 3.05) is 13.6 Å². The van der Waals surface area contributed by atoms with Crippen LogP contribution >= 0.6 is 0 Å². The van der Waals surface area contributed by atoms with E-state index in [0.717, 1.165) is 0 Å². The van der Waals surface area contributed by atoms with Crippen molar-refractivity contribution < 1.29 is 14.0 Å². The fourth-order valence-electron chi connectivity index (χ4n) is 1.82. The SMILES string of the molecule is Cc1cc(F)ccc1C(=O)N(C)CC(=O)NC(C)(C)C. The summed E-state index contributed by atoms with van der Waals surface area (Å²) in [4.78, 5) is 25.3. The summed E-state index contributed by atoms with van der Waals surface area (Å²) in [5.74, 6) is -0.910. The van der Waals surface area contributed by atoms with Crippen molar-refractivity contribution in [3.8, 4) is 0 Å². The molecule has 1 aromatic carbocycles. The first-order valence-corrected chi connectivity index (χ1v) is 6.43. The largest absolute Gasteiger partial charge is 0.350 e. The minimum Gasteiger partial charge on any atom is -0.350 e. The van der Waals surface area contributed by atoms with Gasteiger partial charge in [-0.05, 0) is 51.5 Å². The van der Waals surface area contributed by atoms with E-state index in [4.69, 9.17) is 0 Å². The van der Waals surface area contributed by atoms with E-state index < -0.39 is 0 Å². The number of halogens is 1. The lowest BCUT2D eigenvalue weighted by atomic mass is 10.1. The molecule has 0 aliphatic carbocycles. The minimum atomic E-state index is -0.382. The first kappa shape index (κ1) is 16.1. The van der Waals surface area contributed by atoms with Crippen LogP contribution in [0.15, 0.2) is 18.2 Å². The average molecular weight is 280 g/mol. The smallest absolute Gasteiger partial charge is 0.254 e. The van der Waals surface area contributed by atoms with Crippen molar-refractivity contribution in [3.05, 3.63) is 35.1 Å². The number of likely N-dealkylation sites (N-methyl/N-ethyl adjacent to an activating group) is 1. The third-order valence-electron chi connectivity index (χ3n) is 2.66. The number of carbonyl (C=O) groups excluding carboxylic acids is 2. The van der Waals surface area contributed by atoms with Gasteiger partial charge in [-0.15, -0.1) is 0 Å².